The lowest BCUT2D eigenvalue weighted by Gasteiger charge is -2.08. The van der Waals surface area contributed by atoms with E-state index in [4.69, 9.17) is 5.73 Å². The third-order valence-corrected chi connectivity index (χ3v) is 3.85. The Morgan fingerprint density at radius 3 is 2.81 bits per heavy atom. The molecular weight excluding hydrogens is 346 g/mol. The van der Waals surface area contributed by atoms with E-state index in [1.54, 1.807) is 23.1 Å². The van der Waals surface area contributed by atoms with Gasteiger partial charge in [-0.25, -0.2) is 19.4 Å². The standard InChI is InChI=1S/C18H21N7O2/c1-27-18(26)22-10-9-21-17-20-8-7-15(24-17)14-11-23-25(16(14)19)12-13-5-3-2-4-6-13/h2-8,11H,9-10,12,19H2,1H3,(H,22,26)(H,20,21,24). The van der Waals surface area contributed by atoms with Gasteiger partial charge in [-0.2, -0.15) is 5.10 Å². The number of aromatic nitrogens is 4. The maximum atomic E-state index is 11.0. The maximum absolute atomic E-state index is 11.0. The van der Waals surface area contributed by atoms with E-state index in [2.05, 4.69) is 30.4 Å². The second-order valence-corrected chi connectivity index (χ2v) is 5.70. The van der Waals surface area contributed by atoms with Crippen LogP contribution >= 0.6 is 0 Å². The average molecular weight is 367 g/mol. The van der Waals surface area contributed by atoms with Crippen LogP contribution in [0.25, 0.3) is 11.3 Å². The molecule has 0 aliphatic heterocycles. The normalized spacial score (nSPS) is 10.4. The summed E-state index contributed by atoms with van der Waals surface area (Å²) in [7, 11) is 1.32. The zero-order chi connectivity index (χ0) is 19.1. The molecule has 3 rings (SSSR count). The molecule has 1 aromatic carbocycles. The van der Waals surface area contributed by atoms with Gasteiger partial charge >= 0.3 is 6.09 Å². The number of amides is 1. The highest BCUT2D eigenvalue weighted by Gasteiger charge is 2.12. The predicted octanol–water partition coefficient (Wildman–Crippen LogP) is 1.74. The summed E-state index contributed by atoms with van der Waals surface area (Å²) in [6.07, 6.45) is 2.86. The lowest BCUT2D eigenvalue weighted by molar-refractivity contribution is 0.171. The van der Waals surface area contributed by atoms with Crippen molar-refractivity contribution in [2.24, 2.45) is 0 Å². The van der Waals surface area contributed by atoms with E-state index >= 15 is 0 Å². The highest BCUT2D eigenvalue weighted by atomic mass is 16.5. The number of hydrogen-bond donors (Lipinski definition) is 3. The zero-order valence-electron chi connectivity index (χ0n) is 14.9. The number of methoxy groups -OCH3 is 1. The van der Waals surface area contributed by atoms with Crippen LogP contribution in [0.2, 0.25) is 0 Å². The molecule has 0 saturated carbocycles. The third-order valence-electron chi connectivity index (χ3n) is 3.85. The van der Waals surface area contributed by atoms with Gasteiger partial charge in [-0.05, 0) is 11.6 Å². The molecule has 0 unspecified atom stereocenters. The van der Waals surface area contributed by atoms with Crippen LogP contribution in [0.4, 0.5) is 16.6 Å². The number of nitrogens with two attached hydrogens (primary N) is 1. The molecule has 9 heteroatoms. The molecule has 1 amide bonds. The van der Waals surface area contributed by atoms with Crippen LogP contribution in [0.1, 0.15) is 5.56 Å². The van der Waals surface area contributed by atoms with E-state index in [9.17, 15) is 4.79 Å². The van der Waals surface area contributed by atoms with Crippen LogP contribution < -0.4 is 16.4 Å². The minimum absolute atomic E-state index is 0.386. The maximum Gasteiger partial charge on any atom is 0.406 e. The Kier molecular flexibility index (Phi) is 5.83. The van der Waals surface area contributed by atoms with Gasteiger partial charge in [0.15, 0.2) is 0 Å². The van der Waals surface area contributed by atoms with Gasteiger partial charge in [-0.3, -0.25) is 0 Å². The van der Waals surface area contributed by atoms with E-state index in [-0.39, 0.29) is 0 Å². The number of hydrogen-bond acceptors (Lipinski definition) is 7. The molecule has 0 aliphatic carbocycles. The Balaban J connectivity index is 1.67. The number of rotatable bonds is 7. The summed E-state index contributed by atoms with van der Waals surface area (Å²) in [5.41, 5.74) is 8.79. The van der Waals surface area contributed by atoms with Crippen LogP contribution in [0, 0.1) is 0 Å². The summed E-state index contributed by atoms with van der Waals surface area (Å²) < 4.78 is 6.24. The fourth-order valence-corrected chi connectivity index (χ4v) is 2.48. The highest BCUT2D eigenvalue weighted by Crippen LogP contribution is 2.24. The summed E-state index contributed by atoms with van der Waals surface area (Å²) >= 11 is 0. The Morgan fingerprint density at radius 1 is 1.22 bits per heavy atom. The number of anilines is 2. The van der Waals surface area contributed by atoms with Crippen molar-refractivity contribution in [3.63, 3.8) is 0 Å². The van der Waals surface area contributed by atoms with E-state index in [1.165, 1.54) is 7.11 Å². The summed E-state index contributed by atoms with van der Waals surface area (Å²) in [5, 5.41) is 9.98. The molecule has 0 bridgehead atoms. The molecule has 2 aromatic heterocycles. The van der Waals surface area contributed by atoms with Gasteiger partial charge in [-0.15, -0.1) is 0 Å². The first-order valence-corrected chi connectivity index (χ1v) is 8.41. The topological polar surface area (TPSA) is 120 Å². The lowest BCUT2D eigenvalue weighted by atomic mass is 10.2. The molecule has 9 nitrogen and oxygen atoms in total. The van der Waals surface area contributed by atoms with Crippen molar-refractivity contribution in [3.05, 3.63) is 54.4 Å². The molecule has 140 valence electrons. The van der Waals surface area contributed by atoms with Crippen LogP contribution in [0.5, 0.6) is 0 Å². The van der Waals surface area contributed by atoms with Gasteiger partial charge in [0.25, 0.3) is 0 Å². The Bertz CT molecular complexity index is 896. The molecule has 4 N–H and O–H groups in total. The van der Waals surface area contributed by atoms with E-state index in [0.717, 1.165) is 11.1 Å². The van der Waals surface area contributed by atoms with E-state index < -0.39 is 6.09 Å². The fraction of sp³-hybridized carbons (Fsp3) is 0.222. The molecule has 0 fully saturated rings. The quantitative estimate of drug-likeness (QED) is 0.544. The number of nitrogens with one attached hydrogen (secondary N) is 2. The van der Waals surface area contributed by atoms with Crippen LogP contribution in [0.15, 0.2) is 48.8 Å². The summed E-state index contributed by atoms with van der Waals surface area (Å²) in [6, 6.07) is 11.8. The predicted molar refractivity (Wildman–Crippen MR) is 102 cm³/mol. The van der Waals surface area contributed by atoms with Crippen molar-refractivity contribution in [1.29, 1.82) is 0 Å². The number of carbonyl (C=O) groups excluding carboxylic acids is 1. The number of nitrogens with zero attached hydrogens (tertiary/aromatic N) is 4. The lowest BCUT2D eigenvalue weighted by Crippen LogP contribution is -2.28. The molecule has 0 spiro atoms. The molecule has 27 heavy (non-hydrogen) atoms. The molecule has 2 heterocycles. The average Bonchev–Trinajstić information content (AvgIpc) is 3.06. The monoisotopic (exact) mass is 367 g/mol. The van der Waals surface area contributed by atoms with Crippen LogP contribution in [-0.4, -0.2) is 46.0 Å². The summed E-state index contributed by atoms with van der Waals surface area (Å²) in [6.45, 7) is 1.43. The molecule has 0 atom stereocenters. The first-order valence-electron chi connectivity index (χ1n) is 8.41. The van der Waals surface area contributed by atoms with Crippen molar-refractivity contribution >= 4 is 17.9 Å². The molecule has 0 radical (unpaired) electrons. The van der Waals surface area contributed by atoms with Gasteiger partial charge in [0.2, 0.25) is 5.95 Å². The molecule has 0 aliphatic rings. The van der Waals surface area contributed by atoms with Crippen molar-refractivity contribution < 1.29 is 9.53 Å². The van der Waals surface area contributed by atoms with Gasteiger partial charge in [0, 0.05) is 19.3 Å². The summed E-state index contributed by atoms with van der Waals surface area (Å²) in [4.78, 5) is 19.7. The van der Waals surface area contributed by atoms with E-state index in [1.807, 2.05) is 30.3 Å². The third kappa shape index (κ3) is 4.72. The fourth-order valence-electron chi connectivity index (χ4n) is 2.48. The first kappa shape index (κ1) is 18.2. The molecule has 0 saturated heterocycles. The second-order valence-electron chi connectivity index (χ2n) is 5.70. The van der Waals surface area contributed by atoms with Gasteiger partial charge in [0.1, 0.15) is 5.82 Å². The molecular formula is C18H21N7O2. The number of carbonyl (C=O) groups is 1. The largest absolute Gasteiger partial charge is 0.453 e. The number of nitrogen functional groups attached to an aromatic ring is 1. The van der Waals surface area contributed by atoms with Crippen molar-refractivity contribution in [1.82, 2.24) is 25.1 Å². The molecule has 3 aromatic rings. The number of benzene rings is 1. The van der Waals surface area contributed by atoms with Gasteiger partial charge < -0.3 is 21.1 Å². The number of alkyl carbamates (subject to hydrolysis) is 1. The zero-order valence-corrected chi connectivity index (χ0v) is 14.9. The van der Waals surface area contributed by atoms with Crippen molar-refractivity contribution in [2.75, 3.05) is 31.2 Å². The SMILES string of the molecule is COC(=O)NCCNc1nccc(-c2cnn(Cc3ccccc3)c2N)n1. The Hall–Kier alpha value is -3.62. The smallest absolute Gasteiger partial charge is 0.406 e. The Labute approximate surface area is 156 Å². The minimum Gasteiger partial charge on any atom is -0.453 e. The van der Waals surface area contributed by atoms with Crippen LogP contribution in [0.3, 0.4) is 0 Å². The minimum atomic E-state index is -0.481. The summed E-state index contributed by atoms with van der Waals surface area (Å²) in [5.74, 6) is 0.977. The van der Waals surface area contributed by atoms with Gasteiger partial charge in [0.05, 0.1) is 31.1 Å². The van der Waals surface area contributed by atoms with Crippen molar-refractivity contribution in [3.8, 4) is 11.3 Å². The first-order chi connectivity index (χ1) is 13.2. The van der Waals surface area contributed by atoms with E-state index in [0.29, 0.717) is 37.1 Å². The van der Waals surface area contributed by atoms with Crippen molar-refractivity contribution in [2.45, 2.75) is 6.54 Å². The second kappa shape index (κ2) is 8.65. The Morgan fingerprint density at radius 2 is 2.04 bits per heavy atom. The highest BCUT2D eigenvalue weighted by molar-refractivity contribution is 5.71. The number of ether oxygens (including phenoxy) is 1. The van der Waals surface area contributed by atoms with Gasteiger partial charge in [-0.1, -0.05) is 30.3 Å². The van der Waals surface area contributed by atoms with Crippen LogP contribution in [-0.2, 0) is 11.3 Å².